The maximum Gasteiger partial charge on any atom is 0.0610 e. The Hall–Kier alpha value is -1.08. The summed E-state index contributed by atoms with van der Waals surface area (Å²) >= 11 is 0. The van der Waals surface area contributed by atoms with Crippen LogP contribution < -0.4 is 0 Å². The molecule has 14 heavy (non-hydrogen) atoms. The van der Waals surface area contributed by atoms with E-state index in [0.29, 0.717) is 6.10 Å². The molecule has 0 N–H and O–H groups in total. The largest absolute Gasteiger partial charge is 0.378 e. The summed E-state index contributed by atoms with van der Waals surface area (Å²) in [6.07, 6.45) is 8.35. The van der Waals surface area contributed by atoms with Crippen LogP contribution in [0.1, 0.15) is 24.8 Å². The van der Waals surface area contributed by atoms with Crippen LogP contribution in [0.4, 0.5) is 0 Å². The third kappa shape index (κ3) is 2.71. The molecular formula is C13H16O. The summed E-state index contributed by atoms with van der Waals surface area (Å²) in [5.74, 6) is 0. The molecule has 0 aromatic heterocycles. The topological polar surface area (TPSA) is 9.23 Å². The smallest absolute Gasteiger partial charge is 0.0610 e. The molecule has 1 aliphatic rings. The Labute approximate surface area is 85.4 Å². The molecule has 1 aromatic rings. The van der Waals surface area contributed by atoms with Crippen molar-refractivity contribution in [1.82, 2.24) is 0 Å². The van der Waals surface area contributed by atoms with Gasteiger partial charge in [-0.15, -0.1) is 0 Å². The Balaban J connectivity index is 1.82. The van der Waals surface area contributed by atoms with E-state index in [4.69, 9.17) is 4.74 Å². The van der Waals surface area contributed by atoms with Crippen molar-refractivity contribution < 1.29 is 4.74 Å². The van der Waals surface area contributed by atoms with Gasteiger partial charge in [-0.05, 0) is 24.8 Å². The number of rotatable bonds is 3. The highest BCUT2D eigenvalue weighted by atomic mass is 16.5. The Morgan fingerprint density at radius 1 is 1.29 bits per heavy atom. The van der Waals surface area contributed by atoms with Gasteiger partial charge in [0, 0.05) is 6.61 Å². The second kappa shape index (κ2) is 4.97. The number of benzene rings is 1. The van der Waals surface area contributed by atoms with Gasteiger partial charge in [-0.25, -0.2) is 0 Å². The molecule has 0 amide bonds. The molecule has 1 heteroatoms. The van der Waals surface area contributed by atoms with E-state index in [2.05, 4.69) is 36.4 Å². The normalized spacial score (nSPS) is 21.9. The SMILES string of the molecule is C(=C\c1ccccc1)/C[C@H]1CCCO1. The number of hydrogen-bond donors (Lipinski definition) is 0. The van der Waals surface area contributed by atoms with E-state index in [-0.39, 0.29) is 0 Å². The lowest BCUT2D eigenvalue weighted by atomic mass is 10.1. The summed E-state index contributed by atoms with van der Waals surface area (Å²) in [6, 6.07) is 10.4. The molecule has 0 saturated carbocycles. The van der Waals surface area contributed by atoms with Crippen molar-refractivity contribution >= 4 is 6.08 Å². The fourth-order valence-electron chi connectivity index (χ4n) is 1.75. The minimum atomic E-state index is 0.468. The summed E-state index contributed by atoms with van der Waals surface area (Å²) in [6.45, 7) is 0.948. The molecule has 0 aliphatic carbocycles. The first-order chi connectivity index (χ1) is 6.95. The molecule has 0 spiro atoms. The molecule has 2 rings (SSSR count). The van der Waals surface area contributed by atoms with Crippen molar-refractivity contribution in [3.05, 3.63) is 42.0 Å². The summed E-state index contributed by atoms with van der Waals surface area (Å²) < 4.78 is 5.54. The van der Waals surface area contributed by atoms with Gasteiger partial charge in [0.25, 0.3) is 0 Å². The summed E-state index contributed by atoms with van der Waals surface area (Å²) in [7, 11) is 0. The Kier molecular flexibility index (Phi) is 3.36. The van der Waals surface area contributed by atoms with E-state index in [1.165, 1.54) is 18.4 Å². The van der Waals surface area contributed by atoms with Crippen molar-refractivity contribution in [3.63, 3.8) is 0 Å². The maximum absolute atomic E-state index is 5.54. The van der Waals surface area contributed by atoms with Crippen molar-refractivity contribution in [1.29, 1.82) is 0 Å². The van der Waals surface area contributed by atoms with Gasteiger partial charge >= 0.3 is 0 Å². The first-order valence-corrected chi connectivity index (χ1v) is 5.28. The van der Waals surface area contributed by atoms with Crippen LogP contribution in [0.2, 0.25) is 0 Å². The molecule has 1 atom stereocenters. The predicted molar refractivity (Wildman–Crippen MR) is 59.1 cm³/mol. The second-order valence-corrected chi connectivity index (χ2v) is 3.68. The van der Waals surface area contributed by atoms with Crippen molar-refractivity contribution in [2.75, 3.05) is 6.61 Å². The standard InChI is InChI=1S/C13H16O/c1-2-6-12(7-3-1)8-4-9-13-10-5-11-14-13/h1-4,6-8,13H,5,9-11H2/b8-4+/t13-/m0/s1. The average molecular weight is 188 g/mol. The molecule has 74 valence electrons. The van der Waals surface area contributed by atoms with Gasteiger partial charge in [0.2, 0.25) is 0 Å². The van der Waals surface area contributed by atoms with E-state index in [1.54, 1.807) is 0 Å². The van der Waals surface area contributed by atoms with Crippen LogP contribution in [0, 0.1) is 0 Å². The molecule has 0 unspecified atom stereocenters. The summed E-state index contributed by atoms with van der Waals surface area (Å²) in [5.41, 5.74) is 1.27. The van der Waals surface area contributed by atoms with Crippen LogP contribution in [0.25, 0.3) is 6.08 Å². The Bertz CT molecular complexity index is 283. The van der Waals surface area contributed by atoms with Crippen molar-refractivity contribution in [2.45, 2.75) is 25.4 Å². The fourth-order valence-corrected chi connectivity index (χ4v) is 1.75. The molecule has 0 radical (unpaired) electrons. The lowest BCUT2D eigenvalue weighted by Crippen LogP contribution is -2.01. The zero-order valence-electron chi connectivity index (χ0n) is 8.36. The fraction of sp³-hybridized carbons (Fsp3) is 0.385. The van der Waals surface area contributed by atoms with Crippen LogP contribution in [0.5, 0.6) is 0 Å². The van der Waals surface area contributed by atoms with Gasteiger partial charge < -0.3 is 4.74 Å². The maximum atomic E-state index is 5.54. The van der Waals surface area contributed by atoms with E-state index in [0.717, 1.165) is 13.0 Å². The minimum absolute atomic E-state index is 0.468. The van der Waals surface area contributed by atoms with Gasteiger partial charge in [-0.2, -0.15) is 0 Å². The third-order valence-electron chi connectivity index (χ3n) is 2.53. The monoisotopic (exact) mass is 188 g/mol. The summed E-state index contributed by atoms with van der Waals surface area (Å²) in [5, 5.41) is 0. The number of hydrogen-bond acceptors (Lipinski definition) is 1. The summed E-state index contributed by atoms with van der Waals surface area (Å²) in [4.78, 5) is 0. The Morgan fingerprint density at radius 2 is 2.14 bits per heavy atom. The van der Waals surface area contributed by atoms with Crippen molar-refractivity contribution in [2.24, 2.45) is 0 Å². The molecular weight excluding hydrogens is 172 g/mol. The highest BCUT2D eigenvalue weighted by molar-refractivity contribution is 5.48. The van der Waals surface area contributed by atoms with Crippen LogP contribution in [0.3, 0.4) is 0 Å². The molecule has 1 heterocycles. The third-order valence-corrected chi connectivity index (χ3v) is 2.53. The van der Waals surface area contributed by atoms with Gasteiger partial charge in [-0.3, -0.25) is 0 Å². The van der Waals surface area contributed by atoms with Gasteiger partial charge in [0.1, 0.15) is 0 Å². The quantitative estimate of drug-likeness (QED) is 0.707. The van der Waals surface area contributed by atoms with Crippen molar-refractivity contribution in [3.8, 4) is 0 Å². The molecule has 1 nitrogen and oxygen atoms in total. The Morgan fingerprint density at radius 3 is 2.86 bits per heavy atom. The van der Waals surface area contributed by atoms with E-state index >= 15 is 0 Å². The van der Waals surface area contributed by atoms with Crippen LogP contribution in [0.15, 0.2) is 36.4 Å². The van der Waals surface area contributed by atoms with Crippen LogP contribution in [-0.4, -0.2) is 12.7 Å². The molecule has 0 bridgehead atoms. The van der Waals surface area contributed by atoms with E-state index < -0.39 is 0 Å². The predicted octanol–water partition coefficient (Wildman–Crippen LogP) is 3.27. The highest BCUT2D eigenvalue weighted by Crippen LogP contribution is 2.16. The first kappa shape index (κ1) is 9.47. The minimum Gasteiger partial charge on any atom is -0.378 e. The van der Waals surface area contributed by atoms with Gasteiger partial charge in [0.05, 0.1) is 6.10 Å². The molecule has 1 aromatic carbocycles. The zero-order chi connectivity index (χ0) is 9.64. The lowest BCUT2D eigenvalue weighted by molar-refractivity contribution is 0.113. The van der Waals surface area contributed by atoms with Crippen LogP contribution >= 0.6 is 0 Å². The van der Waals surface area contributed by atoms with Crippen LogP contribution in [-0.2, 0) is 4.74 Å². The number of ether oxygens (including phenoxy) is 1. The molecule has 1 saturated heterocycles. The average Bonchev–Trinajstić information content (AvgIpc) is 2.72. The highest BCUT2D eigenvalue weighted by Gasteiger charge is 2.12. The lowest BCUT2D eigenvalue weighted by Gasteiger charge is -2.03. The second-order valence-electron chi connectivity index (χ2n) is 3.68. The molecule has 1 fully saturated rings. The zero-order valence-corrected chi connectivity index (χ0v) is 8.36. The first-order valence-electron chi connectivity index (χ1n) is 5.28. The molecule has 1 aliphatic heterocycles. The van der Waals surface area contributed by atoms with E-state index in [9.17, 15) is 0 Å². The van der Waals surface area contributed by atoms with Gasteiger partial charge in [0.15, 0.2) is 0 Å². The van der Waals surface area contributed by atoms with E-state index in [1.807, 2.05) is 6.07 Å². The van der Waals surface area contributed by atoms with Gasteiger partial charge in [-0.1, -0.05) is 42.5 Å².